The molecule has 0 radical (unpaired) electrons. The van der Waals surface area contributed by atoms with Gasteiger partial charge in [0.25, 0.3) is 22.8 Å². The summed E-state index contributed by atoms with van der Waals surface area (Å²) >= 11 is 0. The molecule has 0 unspecified atom stereocenters. The molecule has 33 heavy (non-hydrogen) atoms. The van der Waals surface area contributed by atoms with Crippen LogP contribution in [0.5, 0.6) is 0 Å². The first-order chi connectivity index (χ1) is 15.6. The number of hydrogen-bond donors (Lipinski definition) is 2. The van der Waals surface area contributed by atoms with Crippen molar-refractivity contribution in [3.8, 4) is 0 Å². The Bertz CT molecular complexity index is 1360. The molecule has 0 bridgehead atoms. The van der Waals surface area contributed by atoms with Gasteiger partial charge in [0.1, 0.15) is 5.69 Å². The number of anilines is 1. The first-order valence-electron chi connectivity index (χ1n) is 8.98. The number of aromatic amines is 1. The number of carbonyl (C=O) groups excluding carboxylic acids is 3. The van der Waals surface area contributed by atoms with Gasteiger partial charge < -0.3 is 15.0 Å². The zero-order valence-electron chi connectivity index (χ0n) is 16.6. The highest BCUT2D eigenvalue weighted by Crippen LogP contribution is 2.21. The fourth-order valence-corrected chi connectivity index (χ4v) is 2.85. The minimum Gasteiger partial charge on any atom is -0.468 e. The molecular formula is C19H13N5O9. The zero-order valence-corrected chi connectivity index (χ0v) is 16.6. The highest BCUT2D eigenvalue weighted by Gasteiger charge is 2.37. The van der Waals surface area contributed by atoms with Gasteiger partial charge in [-0.2, -0.15) is 0 Å². The molecule has 0 fully saturated rings. The number of hydrogen-bond acceptors (Lipinski definition) is 10. The van der Waals surface area contributed by atoms with Crippen LogP contribution in [0.1, 0.15) is 11.6 Å². The molecule has 0 aliphatic carbocycles. The number of nitrogens with one attached hydrogen (secondary N) is 2. The van der Waals surface area contributed by atoms with Crippen LogP contribution in [-0.4, -0.2) is 44.6 Å². The molecule has 0 spiro atoms. The predicted octanol–water partition coefficient (Wildman–Crippen LogP) is 1.20. The van der Waals surface area contributed by atoms with Gasteiger partial charge in [-0.3, -0.25) is 39.4 Å². The number of methoxy groups -OCH3 is 1. The first kappa shape index (κ1) is 22.7. The Morgan fingerprint density at radius 3 is 2.21 bits per heavy atom. The van der Waals surface area contributed by atoms with E-state index in [1.54, 1.807) is 0 Å². The van der Waals surface area contributed by atoms with Crippen molar-refractivity contribution in [2.75, 3.05) is 12.4 Å². The topological polar surface area (TPSA) is 204 Å². The minimum absolute atomic E-state index is 0.0210. The molecule has 0 aliphatic rings. The van der Waals surface area contributed by atoms with E-state index < -0.39 is 44.7 Å². The third kappa shape index (κ3) is 4.68. The smallest absolute Gasteiger partial charge is 0.323 e. The lowest BCUT2D eigenvalue weighted by Crippen LogP contribution is -2.37. The summed E-state index contributed by atoms with van der Waals surface area (Å²) in [5, 5.41) is 23.8. The molecular weight excluding hydrogens is 442 g/mol. The predicted molar refractivity (Wildman–Crippen MR) is 111 cm³/mol. The number of amides is 1. The zero-order chi connectivity index (χ0) is 24.3. The lowest BCUT2D eigenvalue weighted by molar-refractivity contribution is -0.385. The Kier molecular flexibility index (Phi) is 6.19. The summed E-state index contributed by atoms with van der Waals surface area (Å²) in [6, 6.07) is 7.87. The van der Waals surface area contributed by atoms with Gasteiger partial charge in [-0.25, -0.2) is 4.98 Å². The number of H-pyrrole nitrogens is 1. The summed E-state index contributed by atoms with van der Waals surface area (Å²) in [7, 11) is 0.940. The van der Waals surface area contributed by atoms with Crippen molar-refractivity contribution >= 4 is 45.8 Å². The Morgan fingerprint density at radius 2 is 1.64 bits per heavy atom. The molecule has 0 saturated heterocycles. The van der Waals surface area contributed by atoms with E-state index in [9.17, 15) is 39.4 Å². The van der Waals surface area contributed by atoms with Crippen LogP contribution in [0.2, 0.25) is 0 Å². The summed E-state index contributed by atoms with van der Waals surface area (Å²) in [6.45, 7) is 0. The van der Waals surface area contributed by atoms with E-state index in [1.807, 2.05) is 0 Å². The molecule has 14 nitrogen and oxygen atoms in total. The van der Waals surface area contributed by atoms with Gasteiger partial charge in [0.05, 0.1) is 28.0 Å². The molecule has 3 rings (SSSR count). The van der Waals surface area contributed by atoms with E-state index in [2.05, 4.69) is 20.0 Å². The van der Waals surface area contributed by atoms with Crippen LogP contribution in [0, 0.1) is 20.2 Å². The number of benzene rings is 2. The second-order valence-electron chi connectivity index (χ2n) is 6.49. The van der Waals surface area contributed by atoms with E-state index >= 15 is 0 Å². The SMILES string of the molecule is COC(=O)[C@@H](C(=O)C(=O)Nc1ccc([N+](=O)[O-])cc1)c1nc2ccc([N+](=O)[O-])cc2[nH]c1=O. The number of non-ortho nitro benzene ring substituents is 2. The van der Waals surface area contributed by atoms with Crippen molar-refractivity contribution in [2.24, 2.45) is 0 Å². The molecule has 168 valence electrons. The van der Waals surface area contributed by atoms with Crippen LogP contribution < -0.4 is 10.9 Å². The number of nitro groups is 2. The highest BCUT2D eigenvalue weighted by molar-refractivity contribution is 6.45. The largest absolute Gasteiger partial charge is 0.468 e. The van der Waals surface area contributed by atoms with E-state index in [4.69, 9.17) is 0 Å². The molecule has 1 atom stereocenters. The number of aromatic nitrogens is 2. The highest BCUT2D eigenvalue weighted by atomic mass is 16.6. The third-order valence-electron chi connectivity index (χ3n) is 4.44. The van der Waals surface area contributed by atoms with Crippen molar-refractivity contribution in [1.29, 1.82) is 0 Å². The number of rotatable bonds is 7. The number of nitrogens with zero attached hydrogens (tertiary/aromatic N) is 3. The molecule has 3 aromatic rings. The number of esters is 1. The summed E-state index contributed by atoms with van der Waals surface area (Å²) in [5.74, 6) is -5.95. The molecule has 0 aliphatic heterocycles. The van der Waals surface area contributed by atoms with Crippen LogP contribution >= 0.6 is 0 Å². The summed E-state index contributed by atoms with van der Waals surface area (Å²) in [4.78, 5) is 76.5. The lowest BCUT2D eigenvalue weighted by atomic mass is 9.99. The number of Topliss-reactive ketones (excluding diaryl/α,β-unsaturated/α-hetero) is 1. The fraction of sp³-hybridized carbons (Fsp3) is 0.105. The lowest BCUT2D eigenvalue weighted by Gasteiger charge is -2.13. The van der Waals surface area contributed by atoms with Gasteiger partial charge >= 0.3 is 5.97 Å². The monoisotopic (exact) mass is 455 g/mol. The number of ether oxygens (including phenoxy) is 1. The maximum Gasteiger partial charge on any atom is 0.323 e. The van der Waals surface area contributed by atoms with Crippen LogP contribution in [0.15, 0.2) is 47.3 Å². The van der Waals surface area contributed by atoms with E-state index in [1.165, 1.54) is 18.2 Å². The summed E-state index contributed by atoms with van der Waals surface area (Å²) < 4.78 is 4.55. The maximum atomic E-state index is 12.8. The van der Waals surface area contributed by atoms with Crippen LogP contribution in [0.3, 0.4) is 0 Å². The van der Waals surface area contributed by atoms with Gasteiger partial charge in [-0.05, 0) is 18.2 Å². The molecule has 1 aromatic heterocycles. The van der Waals surface area contributed by atoms with Crippen LogP contribution in [-0.2, 0) is 19.1 Å². The quantitative estimate of drug-likeness (QED) is 0.171. The second kappa shape index (κ2) is 9.01. The Labute approximate surface area is 182 Å². The first-order valence-corrected chi connectivity index (χ1v) is 8.98. The standard InChI is InChI=1S/C19H13N5O9/c1-33-19(28)14(16(25)18(27)20-9-2-4-10(5-3-9)23(29)30)15-17(26)22-13-8-11(24(31)32)6-7-12(13)21-15/h2-8,14H,1H3,(H,20,27)(H,22,26)/t14-/m1/s1. The van der Waals surface area contributed by atoms with Crippen LogP contribution in [0.4, 0.5) is 17.1 Å². The van der Waals surface area contributed by atoms with Crippen molar-refractivity contribution in [3.05, 3.63) is 78.7 Å². The second-order valence-corrected chi connectivity index (χ2v) is 6.49. The number of nitro benzene ring substituents is 2. The summed E-state index contributed by atoms with van der Waals surface area (Å²) in [5.41, 5.74) is -2.23. The van der Waals surface area contributed by atoms with E-state index in [0.29, 0.717) is 0 Å². The van der Waals surface area contributed by atoms with Gasteiger partial charge in [0, 0.05) is 30.0 Å². The van der Waals surface area contributed by atoms with Crippen molar-refractivity contribution < 1.29 is 29.0 Å². The average Bonchev–Trinajstić information content (AvgIpc) is 2.79. The fourth-order valence-electron chi connectivity index (χ4n) is 2.85. The van der Waals surface area contributed by atoms with Gasteiger partial charge in [-0.1, -0.05) is 0 Å². The molecule has 14 heteroatoms. The number of ketones is 1. The van der Waals surface area contributed by atoms with E-state index in [0.717, 1.165) is 31.4 Å². The molecule has 2 aromatic carbocycles. The van der Waals surface area contributed by atoms with Crippen molar-refractivity contribution in [3.63, 3.8) is 0 Å². The van der Waals surface area contributed by atoms with Gasteiger partial charge in [-0.15, -0.1) is 0 Å². The molecule has 1 heterocycles. The minimum atomic E-state index is -2.03. The van der Waals surface area contributed by atoms with Crippen LogP contribution in [0.25, 0.3) is 11.0 Å². The van der Waals surface area contributed by atoms with Crippen molar-refractivity contribution in [2.45, 2.75) is 5.92 Å². The summed E-state index contributed by atoms with van der Waals surface area (Å²) in [6.07, 6.45) is 0. The van der Waals surface area contributed by atoms with Gasteiger partial charge in [0.15, 0.2) is 5.92 Å². The Hall–Kier alpha value is -5.01. The van der Waals surface area contributed by atoms with Crippen molar-refractivity contribution in [1.82, 2.24) is 9.97 Å². The average molecular weight is 455 g/mol. The normalized spacial score (nSPS) is 11.4. The maximum absolute atomic E-state index is 12.8. The molecule has 0 saturated carbocycles. The molecule has 2 N–H and O–H groups in total. The number of fused-ring (bicyclic) bond motifs is 1. The van der Waals surface area contributed by atoms with Gasteiger partial charge in [0.2, 0.25) is 5.78 Å². The Morgan fingerprint density at radius 1 is 1.03 bits per heavy atom. The number of carbonyl (C=O) groups is 3. The third-order valence-corrected chi connectivity index (χ3v) is 4.44. The van der Waals surface area contributed by atoms with E-state index in [-0.39, 0.29) is 28.1 Å². The Balaban J connectivity index is 1.96. The molecule has 1 amide bonds.